The number of carbonyl (C=O) groups is 1. The lowest BCUT2D eigenvalue weighted by atomic mass is 10.1. The van der Waals surface area contributed by atoms with Crippen molar-refractivity contribution in [1.29, 1.82) is 0 Å². The van der Waals surface area contributed by atoms with Gasteiger partial charge in [-0.2, -0.15) is 0 Å². The van der Waals surface area contributed by atoms with Gasteiger partial charge in [0, 0.05) is 28.9 Å². The molecule has 0 aliphatic heterocycles. The Morgan fingerprint density at radius 2 is 2.03 bits per heavy atom. The normalized spacial score (nSPS) is 13.7. The molecule has 2 aromatic rings. The summed E-state index contributed by atoms with van der Waals surface area (Å²) in [6, 6.07) is 6.40. The molecule has 160 valence electrons. The van der Waals surface area contributed by atoms with Crippen LogP contribution < -0.4 is 10.9 Å². The van der Waals surface area contributed by atoms with E-state index in [2.05, 4.69) is 10.3 Å². The highest BCUT2D eigenvalue weighted by atomic mass is 19.1. The van der Waals surface area contributed by atoms with Crippen LogP contribution in [0.25, 0.3) is 0 Å². The summed E-state index contributed by atoms with van der Waals surface area (Å²) in [4.78, 5) is 24.7. The first-order chi connectivity index (χ1) is 14.3. The third-order valence-corrected chi connectivity index (χ3v) is 4.72. The molecular weight excluding hydrogens is 383 g/mol. The largest absolute Gasteiger partial charge is 0.486 e. The third kappa shape index (κ3) is 6.52. The molecule has 6 heteroatoms. The summed E-state index contributed by atoms with van der Waals surface area (Å²) in [5, 5.41) is 2.97. The zero-order chi connectivity index (χ0) is 22.1. The maximum Gasteiger partial charge on any atom is 0.252 e. The Hall–Kier alpha value is -2.99. The van der Waals surface area contributed by atoms with Gasteiger partial charge in [-0.3, -0.25) is 9.59 Å². The minimum Gasteiger partial charge on any atom is -0.486 e. The molecule has 0 saturated carbocycles. The van der Waals surface area contributed by atoms with Crippen LogP contribution in [-0.2, 0) is 11.3 Å². The molecule has 0 radical (unpaired) electrons. The van der Waals surface area contributed by atoms with Gasteiger partial charge >= 0.3 is 0 Å². The molecule has 1 aliphatic rings. The Bertz CT molecular complexity index is 992. The number of pyridine rings is 1. The smallest absolute Gasteiger partial charge is 0.252 e. The fraction of sp³-hybridized carbons (Fsp3) is 0.333. The summed E-state index contributed by atoms with van der Waals surface area (Å²) in [6.07, 6.45) is 8.15. The minimum absolute atomic E-state index is 0.0156. The second kappa shape index (κ2) is 11.3. The van der Waals surface area contributed by atoms with E-state index >= 15 is 0 Å². The number of nitrogens with one attached hydrogen (secondary N) is 2. The first-order valence-corrected chi connectivity index (χ1v) is 9.97. The van der Waals surface area contributed by atoms with Gasteiger partial charge in [0.2, 0.25) is 0 Å². The average Bonchev–Trinajstić information content (AvgIpc) is 2.71. The van der Waals surface area contributed by atoms with Crippen LogP contribution >= 0.6 is 0 Å². The summed E-state index contributed by atoms with van der Waals surface area (Å²) in [5.74, 6) is 0.361. The molecule has 0 fully saturated rings. The van der Waals surface area contributed by atoms with Gasteiger partial charge in [-0.1, -0.05) is 18.2 Å². The van der Waals surface area contributed by atoms with Gasteiger partial charge in [-0.05, 0) is 70.5 Å². The van der Waals surface area contributed by atoms with Crippen molar-refractivity contribution < 1.29 is 13.9 Å². The van der Waals surface area contributed by atoms with Gasteiger partial charge in [0.05, 0.1) is 0 Å². The summed E-state index contributed by atoms with van der Waals surface area (Å²) in [5.41, 5.74) is 3.59. The van der Waals surface area contributed by atoms with Crippen LogP contribution in [0.3, 0.4) is 0 Å². The molecule has 0 amide bonds. The van der Waals surface area contributed by atoms with Crippen molar-refractivity contribution in [1.82, 2.24) is 10.3 Å². The molecular formula is C24H29FN2O3. The molecule has 1 unspecified atom stereocenters. The summed E-state index contributed by atoms with van der Waals surface area (Å²) in [6.45, 7) is 6.26. The molecule has 1 heterocycles. The number of rotatable bonds is 6. The molecule has 1 aromatic carbocycles. The first kappa shape index (κ1) is 23.3. The number of aryl methyl sites for hydroxylation is 2. The number of H-pyrrole nitrogens is 1. The van der Waals surface area contributed by atoms with Crippen molar-refractivity contribution >= 4 is 6.29 Å². The van der Waals surface area contributed by atoms with E-state index in [4.69, 9.17) is 4.74 Å². The summed E-state index contributed by atoms with van der Waals surface area (Å²) in [7, 11) is 1.83. The number of aldehydes is 1. The second-order valence-corrected chi connectivity index (χ2v) is 7.22. The van der Waals surface area contributed by atoms with Crippen molar-refractivity contribution in [2.24, 2.45) is 0 Å². The lowest BCUT2D eigenvalue weighted by Gasteiger charge is -2.18. The fourth-order valence-corrected chi connectivity index (χ4v) is 3.17. The molecule has 0 spiro atoms. The van der Waals surface area contributed by atoms with E-state index in [1.54, 1.807) is 19.1 Å². The Morgan fingerprint density at radius 3 is 2.60 bits per heavy atom. The highest BCUT2D eigenvalue weighted by molar-refractivity contribution is 5.74. The van der Waals surface area contributed by atoms with Crippen LogP contribution in [0, 0.1) is 19.7 Å². The zero-order valence-electron chi connectivity index (χ0n) is 17.9. The number of carbonyl (C=O) groups excluding carboxylic acids is 1. The Balaban J connectivity index is 0.000000232. The number of hydrogen-bond donors (Lipinski definition) is 2. The van der Waals surface area contributed by atoms with Gasteiger partial charge in [-0.15, -0.1) is 0 Å². The van der Waals surface area contributed by atoms with Crippen LogP contribution in [0.5, 0.6) is 0 Å². The average molecular weight is 413 g/mol. The maximum atomic E-state index is 13.8. The standard InChI is InChI=1S/C15H15FO2.C9H14N2O/c1-11(18-13-5-3-2-4-6-13)14-8-7-12(10-17)9-15(14)16;1-6-4-7(2)11-9(12)8(6)5-10-3/h3,5-11H,2,4H2,1H3;4,10H,5H2,1-3H3,(H,11,12). The molecule has 30 heavy (non-hydrogen) atoms. The van der Waals surface area contributed by atoms with Crippen LogP contribution in [-0.4, -0.2) is 18.3 Å². The third-order valence-electron chi connectivity index (χ3n) is 4.72. The van der Waals surface area contributed by atoms with E-state index in [0.29, 0.717) is 24.0 Å². The summed E-state index contributed by atoms with van der Waals surface area (Å²) < 4.78 is 19.4. The first-order valence-electron chi connectivity index (χ1n) is 9.97. The van der Waals surface area contributed by atoms with Gasteiger partial charge < -0.3 is 15.0 Å². The van der Waals surface area contributed by atoms with Crippen molar-refractivity contribution in [2.75, 3.05) is 7.05 Å². The van der Waals surface area contributed by atoms with Gasteiger partial charge in [-0.25, -0.2) is 4.39 Å². The lowest BCUT2D eigenvalue weighted by molar-refractivity contribution is 0.112. The van der Waals surface area contributed by atoms with Crippen molar-refractivity contribution in [3.8, 4) is 0 Å². The van der Waals surface area contributed by atoms with Crippen LogP contribution in [0.15, 0.2) is 53.0 Å². The predicted octanol–water partition coefficient (Wildman–Crippen LogP) is 4.66. The fourth-order valence-electron chi connectivity index (χ4n) is 3.17. The van der Waals surface area contributed by atoms with E-state index < -0.39 is 5.82 Å². The van der Waals surface area contributed by atoms with E-state index in [9.17, 15) is 14.0 Å². The molecule has 1 atom stereocenters. The van der Waals surface area contributed by atoms with E-state index in [1.165, 1.54) is 6.07 Å². The maximum absolute atomic E-state index is 13.8. The van der Waals surface area contributed by atoms with Crippen molar-refractivity contribution in [2.45, 2.75) is 46.3 Å². The van der Waals surface area contributed by atoms with Crippen LogP contribution in [0.4, 0.5) is 4.39 Å². The topological polar surface area (TPSA) is 71.2 Å². The SMILES string of the molecule is CC(OC1=CCCC=C1)c1ccc(C=O)cc1F.CNCc1c(C)cc(C)[nH]c1=O. The number of ether oxygens (including phenoxy) is 1. The van der Waals surface area contributed by atoms with Crippen molar-refractivity contribution in [3.63, 3.8) is 0 Å². The molecule has 3 rings (SSSR count). The molecule has 0 saturated heterocycles. The Kier molecular flexibility index (Phi) is 8.74. The molecule has 1 aliphatic carbocycles. The Morgan fingerprint density at radius 1 is 1.27 bits per heavy atom. The summed E-state index contributed by atoms with van der Waals surface area (Å²) >= 11 is 0. The lowest BCUT2D eigenvalue weighted by Crippen LogP contribution is -2.20. The molecule has 0 bridgehead atoms. The van der Waals surface area contributed by atoms with E-state index in [-0.39, 0.29) is 11.7 Å². The Labute approximate surface area is 176 Å². The number of benzene rings is 1. The monoisotopic (exact) mass is 412 g/mol. The zero-order valence-corrected chi connectivity index (χ0v) is 17.9. The predicted molar refractivity (Wildman–Crippen MR) is 117 cm³/mol. The quantitative estimate of drug-likeness (QED) is 0.677. The molecule has 1 aromatic heterocycles. The van der Waals surface area contributed by atoms with E-state index in [0.717, 1.165) is 35.4 Å². The van der Waals surface area contributed by atoms with Gasteiger partial charge in [0.1, 0.15) is 24.0 Å². The number of aromatic nitrogens is 1. The minimum atomic E-state index is -0.410. The molecule has 2 N–H and O–H groups in total. The second-order valence-electron chi connectivity index (χ2n) is 7.22. The highest BCUT2D eigenvalue weighted by Crippen LogP contribution is 2.25. The number of aromatic amines is 1. The van der Waals surface area contributed by atoms with Gasteiger partial charge in [0.25, 0.3) is 5.56 Å². The van der Waals surface area contributed by atoms with Crippen LogP contribution in [0.1, 0.15) is 58.6 Å². The number of halogens is 1. The number of allylic oxidation sites excluding steroid dienone is 3. The highest BCUT2D eigenvalue weighted by Gasteiger charge is 2.14. The van der Waals surface area contributed by atoms with Gasteiger partial charge in [0.15, 0.2) is 0 Å². The molecule has 5 nitrogen and oxygen atoms in total. The van der Waals surface area contributed by atoms with Crippen LogP contribution in [0.2, 0.25) is 0 Å². The van der Waals surface area contributed by atoms with E-state index in [1.807, 2.05) is 45.2 Å². The van der Waals surface area contributed by atoms with Crippen molar-refractivity contribution in [3.05, 3.63) is 92.4 Å². The number of hydrogen-bond acceptors (Lipinski definition) is 4.